The molecule has 17 heavy (non-hydrogen) atoms. The van der Waals surface area contributed by atoms with Crippen LogP contribution in [0.25, 0.3) is 0 Å². The Morgan fingerprint density at radius 1 is 1.53 bits per heavy atom. The summed E-state index contributed by atoms with van der Waals surface area (Å²) in [6.07, 6.45) is 0.512. The zero-order chi connectivity index (χ0) is 12.8. The first-order chi connectivity index (χ1) is 8.06. The minimum Gasteiger partial charge on any atom is -0.339 e. The van der Waals surface area contributed by atoms with Gasteiger partial charge in [-0.05, 0) is 31.7 Å². The Kier molecular flexibility index (Phi) is 5.45. The monoisotopic (exact) mass is 254 g/mol. The molecule has 4 heteroatoms. The Labute approximate surface area is 108 Å². The summed E-state index contributed by atoms with van der Waals surface area (Å²) in [6.45, 7) is 2.70. The van der Waals surface area contributed by atoms with Crippen LogP contribution in [0.3, 0.4) is 0 Å². The molecule has 0 spiro atoms. The van der Waals surface area contributed by atoms with Gasteiger partial charge in [0.25, 0.3) is 0 Å². The SMILES string of the molecule is CNCCC(=O)N(C)C(C)c1cccc(Cl)c1. The largest absolute Gasteiger partial charge is 0.339 e. The van der Waals surface area contributed by atoms with Gasteiger partial charge in [-0.25, -0.2) is 0 Å². The van der Waals surface area contributed by atoms with Crippen molar-refractivity contribution in [3.05, 3.63) is 34.9 Å². The predicted octanol–water partition coefficient (Wildman–Crippen LogP) is 2.47. The maximum absolute atomic E-state index is 11.9. The molecule has 1 N–H and O–H groups in total. The van der Waals surface area contributed by atoms with Gasteiger partial charge in [-0.3, -0.25) is 4.79 Å². The van der Waals surface area contributed by atoms with E-state index in [4.69, 9.17) is 11.6 Å². The van der Waals surface area contributed by atoms with E-state index in [2.05, 4.69) is 5.32 Å². The topological polar surface area (TPSA) is 32.3 Å². The summed E-state index contributed by atoms with van der Waals surface area (Å²) in [4.78, 5) is 13.6. The van der Waals surface area contributed by atoms with E-state index in [1.165, 1.54) is 0 Å². The molecule has 0 aromatic heterocycles. The van der Waals surface area contributed by atoms with Crippen molar-refractivity contribution in [2.24, 2.45) is 0 Å². The Bertz CT molecular complexity index is 381. The van der Waals surface area contributed by atoms with Crippen molar-refractivity contribution in [2.45, 2.75) is 19.4 Å². The van der Waals surface area contributed by atoms with Gasteiger partial charge in [0.1, 0.15) is 0 Å². The molecule has 1 amide bonds. The summed E-state index contributed by atoms with van der Waals surface area (Å²) in [5.41, 5.74) is 1.05. The molecule has 1 unspecified atom stereocenters. The van der Waals surface area contributed by atoms with Gasteiger partial charge in [0.2, 0.25) is 5.91 Å². The number of carbonyl (C=O) groups is 1. The number of carbonyl (C=O) groups excluding carboxylic acids is 1. The highest BCUT2D eigenvalue weighted by atomic mass is 35.5. The highest BCUT2D eigenvalue weighted by Crippen LogP contribution is 2.22. The zero-order valence-electron chi connectivity index (χ0n) is 10.5. The van der Waals surface area contributed by atoms with E-state index >= 15 is 0 Å². The lowest BCUT2D eigenvalue weighted by atomic mass is 10.1. The van der Waals surface area contributed by atoms with E-state index in [0.29, 0.717) is 18.0 Å². The third-order valence-electron chi connectivity index (χ3n) is 2.89. The van der Waals surface area contributed by atoms with Gasteiger partial charge in [0.15, 0.2) is 0 Å². The fraction of sp³-hybridized carbons (Fsp3) is 0.462. The molecule has 0 saturated heterocycles. The summed E-state index contributed by atoms with van der Waals surface area (Å²) in [5, 5.41) is 3.67. The minimum absolute atomic E-state index is 0.0399. The van der Waals surface area contributed by atoms with Crippen LogP contribution in [-0.2, 0) is 4.79 Å². The molecular weight excluding hydrogens is 236 g/mol. The fourth-order valence-electron chi connectivity index (χ4n) is 1.61. The summed E-state index contributed by atoms with van der Waals surface area (Å²) < 4.78 is 0. The second kappa shape index (κ2) is 6.62. The van der Waals surface area contributed by atoms with Crippen LogP contribution in [0.2, 0.25) is 5.02 Å². The molecule has 0 aliphatic heterocycles. The number of amides is 1. The second-order valence-electron chi connectivity index (χ2n) is 4.09. The van der Waals surface area contributed by atoms with Crippen LogP contribution in [-0.4, -0.2) is 31.4 Å². The Morgan fingerprint density at radius 3 is 2.82 bits per heavy atom. The van der Waals surface area contributed by atoms with E-state index in [9.17, 15) is 4.79 Å². The van der Waals surface area contributed by atoms with Gasteiger partial charge in [0.05, 0.1) is 6.04 Å². The zero-order valence-corrected chi connectivity index (χ0v) is 11.3. The Hall–Kier alpha value is -1.06. The van der Waals surface area contributed by atoms with Crippen molar-refractivity contribution in [2.75, 3.05) is 20.6 Å². The van der Waals surface area contributed by atoms with Crippen molar-refractivity contribution in [3.8, 4) is 0 Å². The number of nitrogens with zero attached hydrogens (tertiary/aromatic N) is 1. The lowest BCUT2D eigenvalue weighted by molar-refractivity contribution is -0.131. The predicted molar refractivity (Wildman–Crippen MR) is 71.2 cm³/mol. The number of hydrogen-bond donors (Lipinski definition) is 1. The van der Waals surface area contributed by atoms with Crippen LogP contribution < -0.4 is 5.32 Å². The number of nitrogens with one attached hydrogen (secondary N) is 1. The van der Waals surface area contributed by atoms with Gasteiger partial charge >= 0.3 is 0 Å². The molecule has 3 nitrogen and oxygen atoms in total. The van der Waals surface area contributed by atoms with Crippen LogP contribution in [0.1, 0.15) is 24.9 Å². The molecule has 94 valence electrons. The van der Waals surface area contributed by atoms with E-state index in [0.717, 1.165) is 5.56 Å². The molecule has 0 fully saturated rings. The van der Waals surface area contributed by atoms with Crippen LogP contribution in [0.4, 0.5) is 0 Å². The lowest BCUT2D eigenvalue weighted by Gasteiger charge is -2.25. The van der Waals surface area contributed by atoms with Gasteiger partial charge in [0, 0.05) is 25.0 Å². The Balaban J connectivity index is 2.69. The smallest absolute Gasteiger partial charge is 0.224 e. The van der Waals surface area contributed by atoms with Crippen molar-refractivity contribution >= 4 is 17.5 Å². The lowest BCUT2D eigenvalue weighted by Crippen LogP contribution is -2.31. The maximum Gasteiger partial charge on any atom is 0.224 e. The molecule has 1 atom stereocenters. The summed E-state index contributed by atoms with van der Waals surface area (Å²) >= 11 is 5.94. The number of hydrogen-bond acceptors (Lipinski definition) is 2. The summed E-state index contributed by atoms with van der Waals surface area (Å²) in [7, 11) is 3.66. The molecular formula is C13H19ClN2O. The first-order valence-corrected chi connectivity index (χ1v) is 6.09. The summed E-state index contributed by atoms with van der Waals surface area (Å²) in [5.74, 6) is 0.131. The fourth-order valence-corrected chi connectivity index (χ4v) is 1.81. The maximum atomic E-state index is 11.9. The first-order valence-electron chi connectivity index (χ1n) is 5.72. The standard InChI is InChI=1S/C13H19ClN2O/c1-10(11-5-4-6-12(14)9-11)16(3)13(17)7-8-15-2/h4-6,9-10,15H,7-8H2,1-3H3. The van der Waals surface area contributed by atoms with Crippen LogP contribution in [0.5, 0.6) is 0 Å². The van der Waals surface area contributed by atoms with Gasteiger partial charge in [-0.2, -0.15) is 0 Å². The minimum atomic E-state index is 0.0399. The van der Waals surface area contributed by atoms with Crippen LogP contribution >= 0.6 is 11.6 Å². The molecule has 1 aromatic carbocycles. The number of halogens is 1. The van der Waals surface area contributed by atoms with E-state index in [1.807, 2.05) is 45.3 Å². The molecule has 0 aliphatic carbocycles. The molecule has 1 aromatic rings. The van der Waals surface area contributed by atoms with Crippen LogP contribution in [0, 0.1) is 0 Å². The average Bonchev–Trinajstić information content (AvgIpc) is 2.34. The van der Waals surface area contributed by atoms with Crippen LogP contribution in [0.15, 0.2) is 24.3 Å². The van der Waals surface area contributed by atoms with E-state index in [1.54, 1.807) is 4.90 Å². The molecule has 0 heterocycles. The van der Waals surface area contributed by atoms with Crippen molar-refractivity contribution in [3.63, 3.8) is 0 Å². The highest BCUT2D eigenvalue weighted by molar-refractivity contribution is 6.30. The van der Waals surface area contributed by atoms with Crippen molar-refractivity contribution < 1.29 is 4.79 Å². The van der Waals surface area contributed by atoms with E-state index < -0.39 is 0 Å². The number of rotatable bonds is 5. The molecule has 1 rings (SSSR count). The van der Waals surface area contributed by atoms with Gasteiger partial charge in [-0.15, -0.1) is 0 Å². The Morgan fingerprint density at radius 2 is 2.24 bits per heavy atom. The molecule has 0 radical (unpaired) electrons. The second-order valence-corrected chi connectivity index (χ2v) is 4.53. The van der Waals surface area contributed by atoms with Gasteiger partial charge in [-0.1, -0.05) is 23.7 Å². The van der Waals surface area contributed by atoms with Crippen molar-refractivity contribution in [1.82, 2.24) is 10.2 Å². The van der Waals surface area contributed by atoms with E-state index in [-0.39, 0.29) is 11.9 Å². The number of benzene rings is 1. The molecule has 0 aliphatic rings. The third-order valence-corrected chi connectivity index (χ3v) is 3.13. The normalized spacial score (nSPS) is 12.2. The highest BCUT2D eigenvalue weighted by Gasteiger charge is 2.16. The average molecular weight is 255 g/mol. The third kappa shape index (κ3) is 4.02. The van der Waals surface area contributed by atoms with Crippen molar-refractivity contribution in [1.29, 1.82) is 0 Å². The molecule has 0 bridgehead atoms. The quantitative estimate of drug-likeness (QED) is 0.876. The van der Waals surface area contributed by atoms with Gasteiger partial charge < -0.3 is 10.2 Å². The summed E-state index contributed by atoms with van der Waals surface area (Å²) in [6, 6.07) is 7.66. The molecule has 0 saturated carbocycles. The first kappa shape index (κ1) is 14.0.